The predicted molar refractivity (Wildman–Crippen MR) is 106 cm³/mol. The van der Waals surface area contributed by atoms with Gasteiger partial charge < -0.3 is 0 Å². The lowest BCUT2D eigenvalue weighted by molar-refractivity contribution is -0.124. The van der Waals surface area contributed by atoms with E-state index in [1.807, 2.05) is 61.5 Å². The molecule has 140 valence electrons. The maximum Gasteiger partial charge on any atom is 0.162 e. The molecule has 0 heterocycles. The molecule has 0 saturated heterocycles. The first-order valence-corrected chi connectivity index (χ1v) is 9.76. The van der Waals surface area contributed by atoms with E-state index in [-0.39, 0.29) is 29.2 Å². The van der Waals surface area contributed by atoms with Crippen molar-refractivity contribution in [1.82, 2.24) is 0 Å². The van der Waals surface area contributed by atoms with Gasteiger partial charge in [-0.3, -0.25) is 14.4 Å². The minimum absolute atomic E-state index is 0.0304. The van der Waals surface area contributed by atoms with Gasteiger partial charge in [0.05, 0.1) is 0 Å². The summed E-state index contributed by atoms with van der Waals surface area (Å²) in [6, 6.07) is 16.8. The van der Waals surface area contributed by atoms with E-state index in [0.717, 1.165) is 24.0 Å². The van der Waals surface area contributed by atoms with Crippen LogP contribution in [0, 0.1) is 18.8 Å². The van der Waals surface area contributed by atoms with E-state index in [0.29, 0.717) is 31.2 Å². The van der Waals surface area contributed by atoms with Gasteiger partial charge in [0.2, 0.25) is 0 Å². The Morgan fingerprint density at radius 3 is 1.78 bits per heavy atom. The second-order valence-electron chi connectivity index (χ2n) is 7.53. The number of carbonyl (C=O) groups excluding carboxylic acids is 3. The highest BCUT2D eigenvalue weighted by atomic mass is 16.1. The Kier molecular flexibility index (Phi) is 6.33. The Balaban J connectivity index is 1.46. The molecule has 3 nitrogen and oxygen atoms in total. The molecule has 0 N–H and O–H groups in total. The fourth-order valence-corrected chi connectivity index (χ4v) is 3.86. The van der Waals surface area contributed by atoms with E-state index < -0.39 is 0 Å². The molecule has 1 aliphatic carbocycles. The van der Waals surface area contributed by atoms with Gasteiger partial charge in [-0.05, 0) is 32.6 Å². The second kappa shape index (κ2) is 8.90. The Hall–Kier alpha value is -2.55. The minimum atomic E-state index is -0.0313. The molecule has 1 fully saturated rings. The highest BCUT2D eigenvalue weighted by Gasteiger charge is 2.34. The maximum absolute atomic E-state index is 12.6. The van der Waals surface area contributed by atoms with Crippen LogP contribution in [0.1, 0.15) is 64.8 Å². The molecule has 1 saturated carbocycles. The van der Waals surface area contributed by atoms with E-state index in [2.05, 4.69) is 0 Å². The summed E-state index contributed by atoms with van der Waals surface area (Å²) >= 11 is 0. The lowest BCUT2D eigenvalue weighted by Gasteiger charge is -2.10. The van der Waals surface area contributed by atoms with E-state index in [4.69, 9.17) is 0 Å². The van der Waals surface area contributed by atoms with E-state index in [1.165, 1.54) is 0 Å². The molecule has 0 radical (unpaired) electrons. The second-order valence-corrected chi connectivity index (χ2v) is 7.53. The van der Waals surface area contributed by atoms with Gasteiger partial charge in [-0.2, -0.15) is 0 Å². The Bertz CT molecular complexity index is 805. The third kappa shape index (κ3) is 5.00. The molecule has 2 atom stereocenters. The van der Waals surface area contributed by atoms with Crippen LogP contribution in [0.25, 0.3) is 0 Å². The fraction of sp³-hybridized carbons (Fsp3) is 0.375. The Morgan fingerprint density at radius 2 is 1.26 bits per heavy atom. The summed E-state index contributed by atoms with van der Waals surface area (Å²) < 4.78 is 0. The predicted octanol–water partition coefficient (Wildman–Crippen LogP) is 5.22. The first kappa shape index (κ1) is 19.2. The molecule has 3 rings (SSSR count). The van der Waals surface area contributed by atoms with Crippen LogP contribution in [0.3, 0.4) is 0 Å². The Labute approximate surface area is 160 Å². The van der Waals surface area contributed by atoms with Crippen LogP contribution >= 0.6 is 0 Å². The molecular weight excluding hydrogens is 336 g/mol. The molecule has 27 heavy (non-hydrogen) atoms. The van der Waals surface area contributed by atoms with Gasteiger partial charge >= 0.3 is 0 Å². The quantitative estimate of drug-likeness (QED) is 0.605. The van der Waals surface area contributed by atoms with Crippen LogP contribution in [-0.2, 0) is 4.79 Å². The summed E-state index contributed by atoms with van der Waals surface area (Å²) in [5.41, 5.74) is 2.56. The van der Waals surface area contributed by atoms with Gasteiger partial charge in [-0.25, -0.2) is 0 Å². The third-order valence-electron chi connectivity index (χ3n) is 5.58. The Morgan fingerprint density at radius 1 is 0.778 bits per heavy atom. The van der Waals surface area contributed by atoms with Gasteiger partial charge in [0.25, 0.3) is 0 Å². The van der Waals surface area contributed by atoms with Crippen molar-refractivity contribution >= 4 is 17.3 Å². The van der Waals surface area contributed by atoms with Crippen molar-refractivity contribution < 1.29 is 14.4 Å². The fourth-order valence-electron chi connectivity index (χ4n) is 3.86. The summed E-state index contributed by atoms with van der Waals surface area (Å²) in [6.07, 6.45) is 3.74. The van der Waals surface area contributed by atoms with Crippen LogP contribution in [0.15, 0.2) is 54.6 Å². The van der Waals surface area contributed by atoms with Crippen molar-refractivity contribution in [2.24, 2.45) is 11.8 Å². The zero-order valence-electron chi connectivity index (χ0n) is 15.8. The van der Waals surface area contributed by atoms with Crippen LogP contribution < -0.4 is 0 Å². The maximum atomic E-state index is 12.6. The summed E-state index contributed by atoms with van der Waals surface area (Å²) in [5, 5.41) is 0. The highest BCUT2D eigenvalue weighted by Crippen LogP contribution is 2.34. The molecular formula is C24H26O3. The van der Waals surface area contributed by atoms with Gasteiger partial charge in [0.1, 0.15) is 5.78 Å². The van der Waals surface area contributed by atoms with Crippen molar-refractivity contribution in [2.75, 3.05) is 0 Å². The molecule has 0 bridgehead atoms. The van der Waals surface area contributed by atoms with Crippen LogP contribution in [-0.4, -0.2) is 17.3 Å². The van der Waals surface area contributed by atoms with E-state index in [9.17, 15) is 14.4 Å². The summed E-state index contributed by atoms with van der Waals surface area (Å²) in [7, 11) is 0. The number of aryl methyl sites for hydroxylation is 1. The van der Waals surface area contributed by atoms with Gasteiger partial charge in [0, 0.05) is 35.8 Å². The number of benzene rings is 2. The molecule has 3 heteroatoms. The molecule has 0 amide bonds. The summed E-state index contributed by atoms with van der Waals surface area (Å²) in [5.74, 6) is 0.382. The third-order valence-corrected chi connectivity index (χ3v) is 5.58. The van der Waals surface area contributed by atoms with Crippen molar-refractivity contribution in [3.05, 3.63) is 71.3 Å². The number of Topliss-reactive ketones (excluding diaryl/α,β-unsaturated/α-hetero) is 3. The molecule has 2 aromatic carbocycles. The monoisotopic (exact) mass is 362 g/mol. The van der Waals surface area contributed by atoms with Crippen molar-refractivity contribution in [3.63, 3.8) is 0 Å². The molecule has 0 spiro atoms. The van der Waals surface area contributed by atoms with Crippen LogP contribution in [0.2, 0.25) is 0 Å². The number of ketones is 3. The highest BCUT2D eigenvalue weighted by molar-refractivity contribution is 5.97. The average Bonchev–Trinajstić information content (AvgIpc) is 3.05. The minimum Gasteiger partial charge on any atom is -0.299 e. The number of hydrogen-bond acceptors (Lipinski definition) is 3. The van der Waals surface area contributed by atoms with Crippen molar-refractivity contribution in [3.8, 4) is 0 Å². The molecule has 0 aliphatic heterocycles. The summed E-state index contributed by atoms with van der Waals surface area (Å²) in [6.45, 7) is 1.99. The molecule has 2 aromatic rings. The molecule has 0 aromatic heterocycles. The zero-order chi connectivity index (χ0) is 19.2. The number of hydrogen-bond donors (Lipinski definition) is 0. The largest absolute Gasteiger partial charge is 0.299 e. The lowest BCUT2D eigenvalue weighted by atomic mass is 9.92. The first-order valence-electron chi connectivity index (χ1n) is 9.76. The van der Waals surface area contributed by atoms with Gasteiger partial charge in [-0.15, -0.1) is 0 Å². The van der Waals surface area contributed by atoms with E-state index >= 15 is 0 Å². The van der Waals surface area contributed by atoms with Gasteiger partial charge in [-0.1, -0.05) is 60.2 Å². The zero-order valence-corrected chi connectivity index (χ0v) is 15.8. The van der Waals surface area contributed by atoms with Crippen LogP contribution in [0.5, 0.6) is 0 Å². The number of rotatable bonds is 8. The normalized spacial score (nSPS) is 19.2. The topological polar surface area (TPSA) is 51.2 Å². The van der Waals surface area contributed by atoms with E-state index in [1.54, 1.807) is 0 Å². The first-order chi connectivity index (χ1) is 13.0. The molecule has 1 aliphatic rings. The number of carbonyl (C=O) groups is 3. The van der Waals surface area contributed by atoms with Crippen molar-refractivity contribution in [1.29, 1.82) is 0 Å². The smallest absolute Gasteiger partial charge is 0.162 e. The average molecular weight is 362 g/mol. The molecule has 0 unspecified atom stereocenters. The summed E-state index contributed by atoms with van der Waals surface area (Å²) in [4.78, 5) is 37.2. The van der Waals surface area contributed by atoms with Crippen molar-refractivity contribution in [2.45, 2.75) is 45.4 Å². The SMILES string of the molecule is Cc1ccc(C(=O)CC[C@@H]2CC[C@H](CCC(=O)c3ccccc3)C2=O)cc1. The van der Waals surface area contributed by atoms with Gasteiger partial charge in [0.15, 0.2) is 11.6 Å². The standard InChI is InChI=1S/C24H26O3/c1-17-7-9-19(10-8-17)23(26)16-14-21-12-11-20(24(21)27)13-15-22(25)18-5-3-2-4-6-18/h2-10,20-21H,11-16H2,1H3/t20-,21+/m1/s1. The van der Waals surface area contributed by atoms with Crippen LogP contribution in [0.4, 0.5) is 0 Å². The lowest BCUT2D eigenvalue weighted by Crippen LogP contribution is -2.16.